The number of nitro groups is 1. The van der Waals surface area contributed by atoms with Crippen molar-refractivity contribution in [3.05, 3.63) is 91.9 Å². The molecule has 0 saturated carbocycles. The zero-order chi connectivity index (χ0) is 23.5. The van der Waals surface area contributed by atoms with Crippen LogP contribution in [0.15, 0.2) is 65.1 Å². The Hall–Kier alpha value is -4.14. The summed E-state index contributed by atoms with van der Waals surface area (Å²) in [5, 5.41) is 28.4. The van der Waals surface area contributed by atoms with Gasteiger partial charge in [-0.2, -0.15) is 0 Å². The Labute approximate surface area is 188 Å². The monoisotopic (exact) mass is 446 g/mol. The second kappa shape index (κ2) is 7.19. The summed E-state index contributed by atoms with van der Waals surface area (Å²) in [4.78, 5) is 37.8. The first-order chi connectivity index (χ1) is 15.7. The molecule has 2 atom stereocenters. The number of aromatic amines is 1. The van der Waals surface area contributed by atoms with Crippen molar-refractivity contribution in [2.24, 2.45) is 11.3 Å². The standard InChI is InChI=1S/C24H22N4O5/c1-24(2)11-16-20(18(30)12-24)19(15-10-14(28(32)33)8-9-17(15)29)21-22(25-16)26-27(23(21)31)13-6-4-3-5-7-13/h3-11,19-20,25-26,29H,12H2,1-2H3/t19-,20-/m1/s1. The lowest BCUT2D eigenvalue weighted by molar-refractivity contribution is -0.385. The molecule has 1 aliphatic heterocycles. The maximum Gasteiger partial charge on any atom is 0.277 e. The average molecular weight is 446 g/mol. The van der Waals surface area contributed by atoms with Gasteiger partial charge in [0.25, 0.3) is 11.2 Å². The van der Waals surface area contributed by atoms with Gasteiger partial charge < -0.3 is 10.4 Å². The number of fused-ring (bicyclic) bond motifs is 2. The Balaban J connectivity index is 1.80. The van der Waals surface area contributed by atoms with Gasteiger partial charge in [-0.25, -0.2) is 4.68 Å². The van der Waals surface area contributed by atoms with Gasteiger partial charge in [-0.15, -0.1) is 0 Å². The molecule has 0 fully saturated rings. The summed E-state index contributed by atoms with van der Waals surface area (Å²) in [6.07, 6.45) is 2.21. The van der Waals surface area contributed by atoms with Gasteiger partial charge in [0, 0.05) is 35.7 Å². The first kappa shape index (κ1) is 20.7. The van der Waals surface area contributed by atoms with Crippen LogP contribution in [0.25, 0.3) is 5.69 Å². The SMILES string of the molecule is CC1(C)C=C2Nc3[nH]n(-c4ccccc4)c(=O)c3[C@H](c3cc([N+](=O)[O-])ccc3O)[C@H]2C(=O)C1. The summed E-state index contributed by atoms with van der Waals surface area (Å²) in [5.41, 5.74) is 0.625. The number of carbonyl (C=O) groups excluding carboxylic acids is 1. The number of H-pyrrole nitrogens is 1. The number of hydrogen-bond donors (Lipinski definition) is 3. The van der Waals surface area contributed by atoms with Crippen molar-refractivity contribution in [1.29, 1.82) is 0 Å². The van der Waals surface area contributed by atoms with E-state index in [0.717, 1.165) is 0 Å². The first-order valence-electron chi connectivity index (χ1n) is 10.6. The number of aromatic nitrogens is 2. The molecule has 0 bridgehead atoms. The molecule has 3 N–H and O–H groups in total. The smallest absolute Gasteiger partial charge is 0.277 e. The van der Waals surface area contributed by atoms with Gasteiger partial charge in [0.1, 0.15) is 17.4 Å². The molecule has 0 amide bonds. The van der Waals surface area contributed by atoms with Crippen LogP contribution >= 0.6 is 0 Å². The van der Waals surface area contributed by atoms with Crippen LogP contribution in [0.5, 0.6) is 5.75 Å². The van der Waals surface area contributed by atoms with Crippen LogP contribution in [0.3, 0.4) is 0 Å². The molecule has 2 aliphatic rings. The van der Waals surface area contributed by atoms with Crippen molar-refractivity contribution in [3.63, 3.8) is 0 Å². The maximum atomic E-state index is 13.6. The largest absolute Gasteiger partial charge is 0.508 e. The van der Waals surface area contributed by atoms with E-state index in [1.165, 1.54) is 22.9 Å². The molecule has 9 heteroatoms. The highest BCUT2D eigenvalue weighted by Gasteiger charge is 2.47. The second-order valence-electron chi connectivity index (χ2n) is 9.19. The van der Waals surface area contributed by atoms with Crippen LogP contribution < -0.4 is 10.9 Å². The van der Waals surface area contributed by atoms with Crippen molar-refractivity contribution < 1.29 is 14.8 Å². The third-order valence-corrected chi connectivity index (χ3v) is 6.27. The van der Waals surface area contributed by atoms with E-state index in [0.29, 0.717) is 17.2 Å². The van der Waals surface area contributed by atoms with Gasteiger partial charge in [-0.3, -0.25) is 24.8 Å². The van der Waals surface area contributed by atoms with E-state index in [9.17, 15) is 24.8 Å². The summed E-state index contributed by atoms with van der Waals surface area (Å²) in [6, 6.07) is 12.6. The van der Waals surface area contributed by atoms with Crippen molar-refractivity contribution >= 4 is 17.3 Å². The Bertz CT molecular complexity index is 1380. The Morgan fingerprint density at radius 1 is 1.12 bits per heavy atom. The molecule has 1 aromatic heterocycles. The number of rotatable bonds is 3. The number of phenols is 1. The van der Waals surface area contributed by atoms with Crippen LogP contribution in [0, 0.1) is 21.4 Å². The predicted molar refractivity (Wildman–Crippen MR) is 122 cm³/mol. The van der Waals surface area contributed by atoms with Crippen LogP contribution in [-0.2, 0) is 4.79 Å². The molecule has 9 nitrogen and oxygen atoms in total. The van der Waals surface area contributed by atoms with E-state index < -0.39 is 27.7 Å². The molecule has 0 spiro atoms. The topological polar surface area (TPSA) is 130 Å². The zero-order valence-electron chi connectivity index (χ0n) is 18.0. The fraction of sp³-hybridized carbons (Fsp3) is 0.250. The number of benzene rings is 2. The minimum atomic E-state index is -0.885. The van der Waals surface area contributed by atoms with Crippen LogP contribution in [0.4, 0.5) is 11.5 Å². The van der Waals surface area contributed by atoms with E-state index >= 15 is 0 Å². The molecular weight excluding hydrogens is 424 g/mol. The number of hydrogen-bond acceptors (Lipinski definition) is 6. The fourth-order valence-corrected chi connectivity index (χ4v) is 4.92. The summed E-state index contributed by atoms with van der Waals surface area (Å²) in [7, 11) is 0. The van der Waals surface area contributed by atoms with E-state index in [-0.39, 0.29) is 34.8 Å². The number of nitrogens with one attached hydrogen (secondary N) is 2. The summed E-state index contributed by atoms with van der Waals surface area (Å²) in [6.45, 7) is 3.89. The van der Waals surface area contributed by atoms with Gasteiger partial charge in [-0.05, 0) is 23.6 Å². The third kappa shape index (κ3) is 3.32. The molecule has 168 valence electrons. The maximum absolute atomic E-state index is 13.6. The first-order valence-corrected chi connectivity index (χ1v) is 10.6. The summed E-state index contributed by atoms with van der Waals surface area (Å²) >= 11 is 0. The highest BCUT2D eigenvalue weighted by atomic mass is 16.6. The van der Waals surface area contributed by atoms with Gasteiger partial charge in [0.2, 0.25) is 0 Å². The van der Waals surface area contributed by atoms with Crippen LogP contribution in [-0.4, -0.2) is 25.6 Å². The van der Waals surface area contributed by atoms with Gasteiger partial charge in [0.05, 0.1) is 22.1 Å². The number of phenolic OH excluding ortho intramolecular Hbond substituents is 1. The Morgan fingerprint density at radius 3 is 2.55 bits per heavy atom. The minimum absolute atomic E-state index is 0.0987. The third-order valence-electron chi connectivity index (χ3n) is 6.27. The number of aromatic hydroxyl groups is 1. The van der Waals surface area contributed by atoms with Crippen molar-refractivity contribution in [2.75, 3.05) is 5.32 Å². The van der Waals surface area contributed by atoms with Gasteiger partial charge in [-0.1, -0.05) is 38.1 Å². The van der Waals surface area contributed by atoms with Gasteiger partial charge >= 0.3 is 0 Å². The quantitative estimate of drug-likeness (QED) is 0.414. The second-order valence-corrected chi connectivity index (χ2v) is 9.19. The minimum Gasteiger partial charge on any atom is -0.508 e. The Kier molecular flexibility index (Phi) is 4.52. The average Bonchev–Trinajstić information content (AvgIpc) is 3.08. The fourth-order valence-electron chi connectivity index (χ4n) is 4.92. The molecule has 33 heavy (non-hydrogen) atoms. The van der Waals surface area contributed by atoms with E-state index in [2.05, 4.69) is 10.4 Å². The molecule has 5 rings (SSSR count). The highest BCUT2D eigenvalue weighted by molar-refractivity contribution is 5.90. The van der Waals surface area contributed by atoms with Crippen LogP contribution in [0.2, 0.25) is 0 Å². The van der Waals surface area contributed by atoms with Crippen molar-refractivity contribution in [1.82, 2.24) is 9.78 Å². The van der Waals surface area contributed by atoms with E-state index in [1.807, 2.05) is 26.0 Å². The number of anilines is 1. The molecule has 1 aliphatic carbocycles. The number of allylic oxidation sites excluding steroid dienone is 2. The lowest BCUT2D eigenvalue weighted by Crippen LogP contribution is -2.40. The molecule has 2 heterocycles. The van der Waals surface area contributed by atoms with Crippen LogP contribution in [0.1, 0.15) is 37.3 Å². The van der Waals surface area contributed by atoms with Crippen molar-refractivity contribution in [3.8, 4) is 11.4 Å². The lowest BCUT2D eigenvalue weighted by atomic mass is 9.67. The number of nitro benzene ring substituents is 1. The molecular formula is C24H22N4O5. The molecule has 0 saturated heterocycles. The zero-order valence-corrected chi connectivity index (χ0v) is 18.0. The number of ketones is 1. The number of nitrogens with zero attached hydrogens (tertiary/aromatic N) is 2. The predicted octanol–water partition coefficient (Wildman–Crippen LogP) is 3.84. The van der Waals surface area contributed by atoms with Gasteiger partial charge in [0.15, 0.2) is 0 Å². The molecule has 0 unspecified atom stereocenters. The number of non-ortho nitro benzene ring substituents is 1. The van der Waals surface area contributed by atoms with E-state index in [4.69, 9.17) is 0 Å². The Morgan fingerprint density at radius 2 is 1.85 bits per heavy atom. The summed E-state index contributed by atoms with van der Waals surface area (Å²) < 4.78 is 1.37. The molecule has 2 aromatic carbocycles. The number of Topliss-reactive ketones (excluding diaryl/α,β-unsaturated/α-hetero) is 1. The number of carbonyl (C=O) groups is 1. The van der Waals surface area contributed by atoms with E-state index in [1.54, 1.807) is 24.3 Å². The molecule has 0 radical (unpaired) electrons. The normalized spacial score (nSPS) is 20.9. The number of para-hydroxylation sites is 1. The molecule has 3 aromatic rings. The van der Waals surface area contributed by atoms with Crippen molar-refractivity contribution in [2.45, 2.75) is 26.2 Å². The highest BCUT2D eigenvalue weighted by Crippen LogP contribution is 2.50. The summed E-state index contributed by atoms with van der Waals surface area (Å²) in [5.74, 6) is -1.57. The lowest BCUT2D eigenvalue weighted by Gasteiger charge is -2.39.